The van der Waals surface area contributed by atoms with Gasteiger partial charge in [0, 0.05) is 0 Å². The Balaban J connectivity index is 3.99. The van der Waals surface area contributed by atoms with E-state index in [1.54, 1.807) is 0 Å². The van der Waals surface area contributed by atoms with Crippen molar-refractivity contribution in [3.63, 3.8) is 0 Å². The van der Waals surface area contributed by atoms with Gasteiger partial charge in [-0.25, -0.2) is 0 Å². The molecule has 0 heterocycles. The third-order valence-electron chi connectivity index (χ3n) is 0.525. The first kappa shape index (κ1) is 10.7. The molecule has 0 unspecified atom stereocenters. The minimum absolute atomic E-state index is 0.831. The fourth-order valence-electron chi connectivity index (χ4n) is 0.355. The van der Waals surface area contributed by atoms with Crippen LogP contribution in [0.2, 0.25) is 0 Å². The van der Waals surface area contributed by atoms with E-state index >= 15 is 0 Å². The van der Waals surface area contributed by atoms with Crippen molar-refractivity contribution < 1.29 is 20.0 Å². The maximum atomic E-state index is 12.3. The van der Waals surface area contributed by atoms with Crippen LogP contribution in [0.4, 0.5) is 5.02 Å². The van der Waals surface area contributed by atoms with E-state index in [2.05, 4.69) is 5.37 Å². The molecule has 0 saturated heterocycles. The number of rotatable bonds is 2. The van der Waals surface area contributed by atoms with E-state index in [0.717, 1.165) is 13.8 Å². The molecule has 0 spiro atoms. The standard InChI is InChI=1S/2C2H4O2.2FH.Pb/c2*1-2(3)4;;;/h2*1H3,(H,3,4);2*1H;/q;;;;+4/p-4. The average Bonchev–Trinajstić information content (AvgIpc) is 1.53. The summed E-state index contributed by atoms with van der Waals surface area (Å²) < 4.78 is 31.6. The summed E-state index contributed by atoms with van der Waals surface area (Å²) in [6.45, 7) is 1.66. The van der Waals surface area contributed by atoms with Crippen LogP contribution >= 0.6 is 0 Å². The Morgan fingerprint density at radius 3 is 1.55 bits per heavy atom. The molecule has 0 rings (SSSR count). The average molecular weight is 363 g/mol. The van der Waals surface area contributed by atoms with Gasteiger partial charge in [0.2, 0.25) is 0 Å². The molecule has 0 radical (unpaired) electrons. The van der Waals surface area contributed by atoms with Gasteiger partial charge in [-0.15, -0.1) is 0 Å². The fraction of sp³-hybridized carbons (Fsp3) is 0.500. The van der Waals surface area contributed by atoms with Crippen molar-refractivity contribution in [2.75, 3.05) is 0 Å². The van der Waals surface area contributed by atoms with Crippen molar-refractivity contribution in [2.45, 2.75) is 13.8 Å². The van der Waals surface area contributed by atoms with Crippen LogP contribution in [-0.2, 0) is 15.0 Å². The van der Waals surface area contributed by atoms with Crippen molar-refractivity contribution >= 4 is 35.3 Å². The summed E-state index contributed by atoms with van der Waals surface area (Å²) in [6, 6.07) is 0. The van der Waals surface area contributed by atoms with E-state index in [1.807, 2.05) is 0 Å². The Morgan fingerprint density at radius 2 is 1.36 bits per heavy atom. The molecule has 0 aliphatic carbocycles. The summed E-state index contributed by atoms with van der Waals surface area (Å²) in [5.41, 5.74) is 0. The molecule has 0 bridgehead atoms. The van der Waals surface area contributed by atoms with Crippen LogP contribution in [0.15, 0.2) is 0 Å². The van der Waals surface area contributed by atoms with Crippen LogP contribution in [0.5, 0.6) is 0 Å². The predicted molar refractivity (Wildman–Crippen MR) is 31.5 cm³/mol. The Bertz CT molecular complexity index is 163. The van der Waals surface area contributed by atoms with Gasteiger partial charge in [0.1, 0.15) is 0 Å². The van der Waals surface area contributed by atoms with Crippen LogP contribution in [0.25, 0.3) is 0 Å². The van der Waals surface area contributed by atoms with Gasteiger partial charge in [-0.1, -0.05) is 0 Å². The molecule has 0 aromatic carbocycles. The van der Waals surface area contributed by atoms with E-state index in [9.17, 15) is 14.6 Å². The zero-order valence-electron chi connectivity index (χ0n) is 5.89. The molecule has 0 aromatic rings. The number of carbonyl (C=O) groups is 2. The van der Waals surface area contributed by atoms with Gasteiger partial charge in [0.15, 0.2) is 0 Å². The second-order valence-corrected chi connectivity index (χ2v) is 6.84. The number of carbonyl (C=O) groups excluding carboxylic acids is 2. The van der Waals surface area contributed by atoms with Crippen molar-refractivity contribution in [1.82, 2.24) is 0 Å². The number of halogens is 2. The normalized spacial score (nSPS) is 10.5. The molecule has 0 atom stereocenters. The van der Waals surface area contributed by atoms with Crippen molar-refractivity contribution in [1.29, 1.82) is 0 Å². The quantitative estimate of drug-likeness (QED) is 0.670. The van der Waals surface area contributed by atoms with E-state index in [4.69, 9.17) is 0 Å². The molecule has 0 saturated carbocycles. The molecule has 0 aromatic heterocycles. The Kier molecular flexibility index (Phi) is 3.83. The molecule has 0 aliphatic rings. The van der Waals surface area contributed by atoms with Crippen LogP contribution in [0.3, 0.4) is 0 Å². The van der Waals surface area contributed by atoms with E-state index in [-0.39, 0.29) is 0 Å². The molecule has 0 fully saturated rings. The molecule has 4 nitrogen and oxygen atoms in total. The summed E-state index contributed by atoms with van der Waals surface area (Å²) in [7, 11) is 0. The maximum absolute atomic E-state index is 12.3. The second-order valence-electron chi connectivity index (χ2n) is 1.65. The molecule has 0 aliphatic heterocycles. The van der Waals surface area contributed by atoms with Crippen molar-refractivity contribution in [2.24, 2.45) is 0 Å². The van der Waals surface area contributed by atoms with Gasteiger partial charge in [0.05, 0.1) is 0 Å². The number of hydrogen-bond donors (Lipinski definition) is 0. The third kappa shape index (κ3) is 6.13. The molecule has 0 amide bonds. The fourth-order valence-corrected chi connectivity index (χ4v) is 3.12. The second kappa shape index (κ2) is 3.93. The van der Waals surface area contributed by atoms with Gasteiger partial charge in [-0.3, -0.25) is 0 Å². The van der Waals surface area contributed by atoms with E-state index < -0.39 is 35.3 Å². The summed E-state index contributed by atoms with van der Waals surface area (Å²) in [4.78, 5) is 20.0. The molecular formula is C4H6F2O4Pb. The van der Waals surface area contributed by atoms with Gasteiger partial charge in [-0.05, 0) is 0 Å². The first-order chi connectivity index (χ1) is 4.83. The summed E-state index contributed by atoms with van der Waals surface area (Å²) in [5, 5.41) is 0. The Hall–Kier alpha value is -0.278. The van der Waals surface area contributed by atoms with Crippen LogP contribution in [-0.4, -0.2) is 35.3 Å². The van der Waals surface area contributed by atoms with E-state index in [1.165, 1.54) is 0 Å². The summed E-state index contributed by atoms with van der Waals surface area (Å²) in [5.74, 6) is -2.25. The topological polar surface area (TPSA) is 52.6 Å². The zero-order valence-corrected chi connectivity index (χ0v) is 9.78. The predicted octanol–water partition coefficient (Wildman–Crippen LogP) is 0.487. The zero-order chi connectivity index (χ0) is 9.07. The van der Waals surface area contributed by atoms with Crippen molar-refractivity contribution in [3.8, 4) is 0 Å². The Labute approximate surface area is 69.3 Å². The van der Waals surface area contributed by atoms with Gasteiger partial charge < -0.3 is 0 Å². The molecule has 64 valence electrons. The molecular weight excluding hydrogens is 357 g/mol. The van der Waals surface area contributed by atoms with Gasteiger partial charge in [0.25, 0.3) is 0 Å². The minimum atomic E-state index is -6.35. The molecule has 11 heavy (non-hydrogen) atoms. The monoisotopic (exact) mass is 364 g/mol. The molecule has 7 heteroatoms. The van der Waals surface area contributed by atoms with Crippen LogP contribution in [0.1, 0.15) is 13.8 Å². The van der Waals surface area contributed by atoms with Gasteiger partial charge in [-0.2, -0.15) is 0 Å². The van der Waals surface area contributed by atoms with Crippen LogP contribution < -0.4 is 0 Å². The first-order valence-electron chi connectivity index (χ1n) is 2.60. The summed E-state index contributed by atoms with van der Waals surface area (Å²) >= 11 is -6.35. The summed E-state index contributed by atoms with van der Waals surface area (Å²) in [6.07, 6.45) is 0. The SMILES string of the molecule is CC(=O)[O][Pb]([F])([F])[O]C(C)=O. The number of hydrogen-bond acceptors (Lipinski definition) is 4. The third-order valence-corrected chi connectivity index (χ3v) is 4.61. The first-order valence-corrected chi connectivity index (χ1v) is 8.72. The van der Waals surface area contributed by atoms with Crippen molar-refractivity contribution in [3.05, 3.63) is 0 Å². The van der Waals surface area contributed by atoms with Gasteiger partial charge >= 0.3 is 69.1 Å². The molecule has 0 N–H and O–H groups in total. The van der Waals surface area contributed by atoms with E-state index in [0.29, 0.717) is 0 Å². The Morgan fingerprint density at radius 1 is 1.09 bits per heavy atom. The van der Waals surface area contributed by atoms with Crippen LogP contribution in [0, 0.1) is 0 Å².